The minimum atomic E-state index is -0.535. The predicted molar refractivity (Wildman–Crippen MR) is 78.5 cm³/mol. The summed E-state index contributed by atoms with van der Waals surface area (Å²) in [4.78, 5) is 11.4. The Bertz CT molecular complexity index is 518. The quantitative estimate of drug-likeness (QED) is 0.198. The van der Waals surface area contributed by atoms with E-state index in [9.17, 15) is 9.18 Å². The van der Waals surface area contributed by atoms with Crippen molar-refractivity contribution in [2.75, 3.05) is 6.54 Å². The third-order valence-electron chi connectivity index (χ3n) is 2.76. The van der Waals surface area contributed by atoms with Gasteiger partial charge in [0.1, 0.15) is 5.82 Å². The number of carbonyl (C=O) groups excluding carboxylic acids is 1. The van der Waals surface area contributed by atoms with Crippen LogP contribution in [-0.4, -0.2) is 29.5 Å². The van der Waals surface area contributed by atoms with Gasteiger partial charge in [0, 0.05) is 31.1 Å². The van der Waals surface area contributed by atoms with Gasteiger partial charge in [0.25, 0.3) is 0 Å². The topological polar surface area (TPSA) is 99.7 Å². The molecule has 116 valence electrons. The lowest BCUT2D eigenvalue weighted by Crippen LogP contribution is -2.32. The van der Waals surface area contributed by atoms with Crippen LogP contribution >= 0.6 is 0 Å². The first-order valence-electron chi connectivity index (χ1n) is 6.71. The lowest BCUT2D eigenvalue weighted by atomic mass is 10.1. The Morgan fingerprint density at radius 2 is 2.19 bits per heavy atom. The number of carbonyl (C=O) groups is 1. The third kappa shape index (κ3) is 5.39. The second-order valence-corrected chi connectivity index (χ2v) is 4.91. The molecule has 0 aliphatic rings. The Kier molecular flexibility index (Phi) is 6.61. The van der Waals surface area contributed by atoms with E-state index < -0.39 is 5.82 Å². The molecule has 5 N–H and O–H groups in total. The van der Waals surface area contributed by atoms with Gasteiger partial charge in [0.2, 0.25) is 5.91 Å². The largest absolute Gasteiger partial charge is 0.409 e. The highest BCUT2D eigenvalue weighted by molar-refractivity contribution is 5.97. The van der Waals surface area contributed by atoms with Gasteiger partial charge in [-0.3, -0.25) is 4.79 Å². The maximum absolute atomic E-state index is 14.1. The Morgan fingerprint density at radius 3 is 2.81 bits per heavy atom. The number of nitrogens with one attached hydrogen (secondary N) is 2. The number of benzene rings is 1. The van der Waals surface area contributed by atoms with E-state index in [1.54, 1.807) is 12.1 Å². The van der Waals surface area contributed by atoms with E-state index in [1.165, 1.54) is 6.07 Å². The maximum atomic E-state index is 14.1. The van der Waals surface area contributed by atoms with Crippen molar-refractivity contribution in [1.82, 2.24) is 10.6 Å². The Labute approximate surface area is 123 Å². The Balaban J connectivity index is 2.51. The van der Waals surface area contributed by atoms with Crippen LogP contribution in [0.25, 0.3) is 0 Å². The van der Waals surface area contributed by atoms with Crippen LogP contribution < -0.4 is 16.4 Å². The second-order valence-electron chi connectivity index (χ2n) is 4.91. The monoisotopic (exact) mass is 296 g/mol. The average Bonchev–Trinajstić information content (AvgIpc) is 2.43. The number of rotatable bonds is 7. The number of amides is 1. The highest BCUT2D eigenvalue weighted by Crippen LogP contribution is 2.12. The van der Waals surface area contributed by atoms with Crippen molar-refractivity contribution >= 4 is 11.7 Å². The summed E-state index contributed by atoms with van der Waals surface area (Å²) in [5.41, 5.74) is 5.83. The lowest BCUT2D eigenvalue weighted by molar-refractivity contribution is -0.121. The first-order chi connectivity index (χ1) is 9.95. The predicted octanol–water partition coefficient (Wildman–Crippen LogP) is 0.924. The molecule has 1 rings (SSSR count). The van der Waals surface area contributed by atoms with Crippen LogP contribution in [0.5, 0.6) is 0 Å². The summed E-state index contributed by atoms with van der Waals surface area (Å²) < 4.78 is 14.1. The zero-order valence-electron chi connectivity index (χ0n) is 12.2. The summed E-state index contributed by atoms with van der Waals surface area (Å²) in [5.74, 6) is -0.860. The molecule has 0 atom stereocenters. The zero-order valence-corrected chi connectivity index (χ0v) is 12.2. The van der Waals surface area contributed by atoms with Crippen molar-refractivity contribution in [3.05, 3.63) is 35.1 Å². The average molecular weight is 296 g/mol. The molecule has 0 heterocycles. The van der Waals surface area contributed by atoms with Gasteiger partial charge in [0.05, 0.1) is 5.56 Å². The number of nitrogens with zero attached hydrogens (tertiary/aromatic N) is 1. The smallest absolute Gasteiger partial charge is 0.221 e. The van der Waals surface area contributed by atoms with Crippen molar-refractivity contribution in [2.45, 2.75) is 32.9 Å². The SMILES string of the molecule is CC(C)NC(=O)CCNCc1cccc(/C(N)=N/O)c1F. The van der Waals surface area contributed by atoms with Crippen LogP contribution in [0.2, 0.25) is 0 Å². The highest BCUT2D eigenvalue weighted by Gasteiger charge is 2.11. The van der Waals surface area contributed by atoms with Crippen molar-refractivity contribution in [3.63, 3.8) is 0 Å². The van der Waals surface area contributed by atoms with Gasteiger partial charge in [-0.15, -0.1) is 0 Å². The van der Waals surface area contributed by atoms with Gasteiger partial charge in [-0.2, -0.15) is 0 Å². The van der Waals surface area contributed by atoms with Crippen molar-refractivity contribution in [3.8, 4) is 0 Å². The van der Waals surface area contributed by atoms with E-state index in [-0.39, 0.29) is 29.9 Å². The minimum Gasteiger partial charge on any atom is -0.409 e. The van der Waals surface area contributed by atoms with E-state index in [0.29, 0.717) is 18.5 Å². The minimum absolute atomic E-state index is 0.0503. The number of hydrogen-bond donors (Lipinski definition) is 4. The van der Waals surface area contributed by atoms with Crippen LogP contribution in [0.1, 0.15) is 31.4 Å². The van der Waals surface area contributed by atoms with Crippen LogP contribution in [0.4, 0.5) is 4.39 Å². The molecule has 1 aromatic carbocycles. The van der Waals surface area contributed by atoms with Gasteiger partial charge in [-0.05, 0) is 19.9 Å². The lowest BCUT2D eigenvalue weighted by Gasteiger charge is -2.10. The first-order valence-corrected chi connectivity index (χ1v) is 6.71. The molecule has 0 bridgehead atoms. The molecule has 1 aromatic rings. The number of amidine groups is 1. The van der Waals surface area contributed by atoms with Crippen LogP contribution in [0, 0.1) is 5.82 Å². The third-order valence-corrected chi connectivity index (χ3v) is 2.76. The van der Waals surface area contributed by atoms with Crippen LogP contribution in [0.15, 0.2) is 23.4 Å². The molecule has 7 heteroatoms. The maximum Gasteiger partial charge on any atom is 0.221 e. The number of nitrogens with two attached hydrogens (primary N) is 1. The summed E-state index contributed by atoms with van der Waals surface area (Å²) >= 11 is 0. The molecule has 6 nitrogen and oxygen atoms in total. The van der Waals surface area contributed by atoms with Gasteiger partial charge in [-0.25, -0.2) is 4.39 Å². The van der Waals surface area contributed by atoms with Crippen molar-refractivity contribution in [1.29, 1.82) is 0 Å². The van der Waals surface area contributed by atoms with E-state index in [2.05, 4.69) is 15.8 Å². The molecule has 0 aromatic heterocycles. The summed E-state index contributed by atoms with van der Waals surface area (Å²) in [6.45, 7) is 4.47. The summed E-state index contributed by atoms with van der Waals surface area (Å²) in [6.07, 6.45) is 0.319. The number of hydrogen-bond acceptors (Lipinski definition) is 4. The first kappa shape index (κ1) is 16.9. The molecule has 21 heavy (non-hydrogen) atoms. The second kappa shape index (κ2) is 8.21. The van der Waals surface area contributed by atoms with Gasteiger partial charge >= 0.3 is 0 Å². The van der Waals surface area contributed by atoms with E-state index in [4.69, 9.17) is 10.9 Å². The standard InChI is InChI=1S/C14H21FN4O2/c1-9(2)18-12(20)6-7-17-8-10-4-3-5-11(13(10)15)14(16)19-21/h3-5,9,17,21H,6-8H2,1-2H3,(H2,16,19)(H,18,20). The highest BCUT2D eigenvalue weighted by atomic mass is 19.1. The Morgan fingerprint density at radius 1 is 1.48 bits per heavy atom. The normalized spacial score (nSPS) is 11.7. The van der Waals surface area contributed by atoms with E-state index in [0.717, 1.165) is 0 Å². The molecule has 0 fully saturated rings. The summed E-state index contributed by atoms with van der Waals surface area (Å²) in [7, 11) is 0. The fourth-order valence-electron chi connectivity index (χ4n) is 1.79. The summed E-state index contributed by atoms with van der Waals surface area (Å²) in [6, 6.07) is 4.76. The van der Waals surface area contributed by atoms with Crippen molar-refractivity contribution < 1.29 is 14.4 Å². The molecule has 0 saturated carbocycles. The molecule has 1 amide bonds. The fourth-order valence-corrected chi connectivity index (χ4v) is 1.79. The molecule has 0 aliphatic carbocycles. The van der Waals surface area contributed by atoms with Gasteiger partial charge in [0.15, 0.2) is 5.84 Å². The molecule has 0 saturated heterocycles. The van der Waals surface area contributed by atoms with Crippen LogP contribution in [-0.2, 0) is 11.3 Å². The van der Waals surface area contributed by atoms with Gasteiger partial charge in [-0.1, -0.05) is 17.3 Å². The van der Waals surface area contributed by atoms with Crippen LogP contribution in [0.3, 0.4) is 0 Å². The fraction of sp³-hybridized carbons (Fsp3) is 0.429. The number of halogens is 1. The Hall–Kier alpha value is -2.15. The molecule has 0 aliphatic heterocycles. The number of oxime groups is 1. The summed E-state index contributed by atoms with van der Waals surface area (Å²) in [5, 5.41) is 17.1. The molecular weight excluding hydrogens is 275 g/mol. The van der Waals surface area contributed by atoms with Gasteiger partial charge < -0.3 is 21.6 Å². The van der Waals surface area contributed by atoms with E-state index >= 15 is 0 Å². The van der Waals surface area contributed by atoms with E-state index in [1.807, 2.05) is 13.8 Å². The molecule has 0 spiro atoms. The molecule has 0 unspecified atom stereocenters. The molecule has 0 radical (unpaired) electrons. The molecular formula is C14H21FN4O2. The van der Waals surface area contributed by atoms with Crippen molar-refractivity contribution in [2.24, 2.45) is 10.9 Å². The zero-order chi connectivity index (χ0) is 15.8.